The van der Waals surface area contributed by atoms with Crippen molar-refractivity contribution in [2.24, 2.45) is 0 Å². The van der Waals surface area contributed by atoms with Crippen LogP contribution in [-0.2, 0) is 11.3 Å². The molecule has 1 heterocycles. The van der Waals surface area contributed by atoms with E-state index in [1.54, 1.807) is 36.4 Å². The number of rotatable bonds is 7. The normalized spacial score (nSPS) is 10.6. The molecule has 0 radical (unpaired) electrons. The second kappa shape index (κ2) is 9.21. The Morgan fingerprint density at radius 2 is 1.65 bits per heavy atom. The highest BCUT2D eigenvalue weighted by Crippen LogP contribution is 2.24. The van der Waals surface area contributed by atoms with E-state index in [9.17, 15) is 9.18 Å². The molecule has 1 N–H and O–H groups in total. The van der Waals surface area contributed by atoms with Gasteiger partial charge in [-0.1, -0.05) is 47.1 Å². The number of amides is 1. The number of halogens is 1. The minimum absolute atomic E-state index is 0.126. The molecule has 7 heteroatoms. The van der Waals surface area contributed by atoms with Gasteiger partial charge >= 0.3 is 0 Å². The van der Waals surface area contributed by atoms with Crippen molar-refractivity contribution in [2.75, 3.05) is 6.61 Å². The van der Waals surface area contributed by atoms with Gasteiger partial charge in [0, 0.05) is 17.7 Å². The summed E-state index contributed by atoms with van der Waals surface area (Å²) in [7, 11) is 0. The average molecular weight is 417 g/mol. The van der Waals surface area contributed by atoms with Crippen LogP contribution in [0.25, 0.3) is 22.8 Å². The van der Waals surface area contributed by atoms with E-state index in [2.05, 4.69) is 15.5 Å². The van der Waals surface area contributed by atoms with E-state index in [1.807, 2.05) is 31.2 Å². The zero-order valence-corrected chi connectivity index (χ0v) is 16.8. The summed E-state index contributed by atoms with van der Waals surface area (Å²) in [6.07, 6.45) is 0. The quantitative estimate of drug-likeness (QED) is 0.478. The predicted molar refractivity (Wildman–Crippen MR) is 114 cm³/mol. The number of carbonyl (C=O) groups is 1. The van der Waals surface area contributed by atoms with Crippen LogP contribution in [0.5, 0.6) is 5.75 Å². The van der Waals surface area contributed by atoms with Crippen LogP contribution in [0.2, 0.25) is 0 Å². The van der Waals surface area contributed by atoms with E-state index in [-0.39, 0.29) is 18.3 Å². The smallest absolute Gasteiger partial charge is 0.258 e. The Hall–Kier alpha value is -4.00. The molecule has 1 aromatic heterocycles. The van der Waals surface area contributed by atoms with Crippen LogP contribution in [0, 0.1) is 12.7 Å². The first kappa shape index (κ1) is 20.3. The van der Waals surface area contributed by atoms with Crippen LogP contribution in [0.1, 0.15) is 11.1 Å². The first-order valence-electron chi connectivity index (χ1n) is 9.72. The van der Waals surface area contributed by atoms with Crippen LogP contribution >= 0.6 is 0 Å². The Labute approximate surface area is 178 Å². The van der Waals surface area contributed by atoms with E-state index >= 15 is 0 Å². The average Bonchev–Trinajstić information content (AvgIpc) is 3.28. The number of aryl methyl sites for hydroxylation is 1. The molecule has 0 spiro atoms. The van der Waals surface area contributed by atoms with Gasteiger partial charge in [0.05, 0.1) is 0 Å². The van der Waals surface area contributed by atoms with E-state index in [1.165, 1.54) is 12.1 Å². The fourth-order valence-corrected chi connectivity index (χ4v) is 2.86. The third-order valence-corrected chi connectivity index (χ3v) is 4.61. The van der Waals surface area contributed by atoms with Crippen molar-refractivity contribution in [1.29, 1.82) is 0 Å². The molecule has 0 aliphatic carbocycles. The lowest BCUT2D eigenvalue weighted by Gasteiger charge is -2.08. The zero-order chi connectivity index (χ0) is 21.6. The lowest BCUT2D eigenvalue weighted by Crippen LogP contribution is -2.28. The molecule has 3 aromatic carbocycles. The monoisotopic (exact) mass is 417 g/mol. The number of hydrogen-bond donors (Lipinski definition) is 1. The molecule has 156 valence electrons. The molecule has 0 aliphatic heterocycles. The molecule has 4 rings (SSSR count). The van der Waals surface area contributed by atoms with Gasteiger partial charge in [-0.25, -0.2) is 4.39 Å². The maximum absolute atomic E-state index is 12.9. The minimum atomic E-state index is -0.311. The Morgan fingerprint density at radius 1 is 0.968 bits per heavy atom. The largest absolute Gasteiger partial charge is 0.484 e. The van der Waals surface area contributed by atoms with Crippen LogP contribution in [0.4, 0.5) is 4.39 Å². The Morgan fingerprint density at radius 3 is 2.35 bits per heavy atom. The summed E-state index contributed by atoms with van der Waals surface area (Å²) < 4.78 is 23.8. The van der Waals surface area contributed by atoms with Crippen molar-refractivity contribution >= 4 is 5.91 Å². The van der Waals surface area contributed by atoms with Crippen molar-refractivity contribution < 1.29 is 18.4 Å². The number of hydrogen-bond acceptors (Lipinski definition) is 5. The van der Waals surface area contributed by atoms with E-state index in [0.717, 1.165) is 22.3 Å². The van der Waals surface area contributed by atoms with Gasteiger partial charge in [0.15, 0.2) is 6.61 Å². The maximum Gasteiger partial charge on any atom is 0.258 e. The van der Waals surface area contributed by atoms with Crippen LogP contribution in [0.15, 0.2) is 77.3 Å². The molecule has 6 nitrogen and oxygen atoms in total. The number of aromatic nitrogens is 2. The van der Waals surface area contributed by atoms with Crippen LogP contribution in [-0.4, -0.2) is 22.7 Å². The van der Waals surface area contributed by atoms with Crippen LogP contribution in [0.3, 0.4) is 0 Å². The molecular weight excluding hydrogens is 397 g/mol. The lowest BCUT2D eigenvalue weighted by molar-refractivity contribution is -0.123. The number of carbonyl (C=O) groups excluding carboxylic acids is 1. The fourth-order valence-electron chi connectivity index (χ4n) is 2.86. The van der Waals surface area contributed by atoms with Gasteiger partial charge < -0.3 is 14.6 Å². The Bertz CT molecular complexity index is 1150. The second-order valence-electron chi connectivity index (χ2n) is 7.01. The molecule has 0 fully saturated rings. The van der Waals surface area contributed by atoms with Gasteiger partial charge in [-0.2, -0.15) is 4.98 Å². The van der Waals surface area contributed by atoms with E-state index in [4.69, 9.17) is 9.26 Å². The van der Waals surface area contributed by atoms with E-state index < -0.39 is 0 Å². The lowest BCUT2D eigenvalue weighted by atomic mass is 10.1. The highest BCUT2D eigenvalue weighted by atomic mass is 19.1. The fraction of sp³-hybridized carbons (Fsp3) is 0.125. The first-order chi connectivity index (χ1) is 15.1. The van der Waals surface area contributed by atoms with Gasteiger partial charge in [-0.3, -0.25) is 4.79 Å². The third-order valence-electron chi connectivity index (χ3n) is 4.61. The predicted octanol–water partition coefficient (Wildman–Crippen LogP) is 4.55. The highest BCUT2D eigenvalue weighted by Gasteiger charge is 2.11. The summed E-state index contributed by atoms with van der Waals surface area (Å²) in [4.78, 5) is 16.4. The molecule has 0 aliphatic rings. The van der Waals surface area contributed by atoms with Crippen LogP contribution < -0.4 is 10.1 Å². The summed E-state index contributed by atoms with van der Waals surface area (Å²) in [6.45, 7) is 2.20. The topological polar surface area (TPSA) is 77.2 Å². The molecule has 0 bridgehead atoms. The Kier molecular flexibility index (Phi) is 6.03. The summed E-state index contributed by atoms with van der Waals surface area (Å²) in [5.41, 5.74) is 3.60. The highest BCUT2D eigenvalue weighted by molar-refractivity contribution is 5.77. The maximum atomic E-state index is 12.9. The molecule has 1 amide bonds. The summed E-state index contributed by atoms with van der Waals surface area (Å²) in [5.74, 6) is 0.882. The van der Waals surface area contributed by atoms with Crippen molar-refractivity contribution in [3.63, 3.8) is 0 Å². The first-order valence-corrected chi connectivity index (χ1v) is 9.72. The van der Waals surface area contributed by atoms with Crippen molar-refractivity contribution in [1.82, 2.24) is 15.5 Å². The minimum Gasteiger partial charge on any atom is -0.484 e. The summed E-state index contributed by atoms with van der Waals surface area (Å²) >= 11 is 0. The SMILES string of the molecule is Cc1ccc(-c2noc(-c3ccc(OCC(=O)NCc4ccc(F)cc4)cc3)n2)cc1. The molecular formula is C24H20FN3O3. The molecule has 4 aromatic rings. The van der Waals surface area contributed by atoms with E-state index in [0.29, 0.717) is 24.0 Å². The van der Waals surface area contributed by atoms with Crippen molar-refractivity contribution in [3.05, 3.63) is 89.7 Å². The number of ether oxygens (including phenoxy) is 1. The van der Waals surface area contributed by atoms with Gasteiger partial charge in [-0.15, -0.1) is 0 Å². The van der Waals surface area contributed by atoms with Gasteiger partial charge in [-0.05, 0) is 48.9 Å². The van der Waals surface area contributed by atoms with Gasteiger partial charge in [0.1, 0.15) is 11.6 Å². The van der Waals surface area contributed by atoms with Gasteiger partial charge in [0.25, 0.3) is 11.8 Å². The summed E-state index contributed by atoms with van der Waals surface area (Å²) in [6, 6.07) is 20.9. The third kappa shape index (κ3) is 5.33. The number of benzene rings is 3. The zero-order valence-electron chi connectivity index (χ0n) is 16.8. The summed E-state index contributed by atoms with van der Waals surface area (Å²) in [5, 5.41) is 6.76. The molecule has 0 atom stereocenters. The second-order valence-corrected chi connectivity index (χ2v) is 7.01. The molecule has 0 unspecified atom stereocenters. The van der Waals surface area contributed by atoms with Crippen molar-refractivity contribution in [2.45, 2.75) is 13.5 Å². The number of nitrogens with zero attached hydrogens (tertiary/aromatic N) is 2. The van der Waals surface area contributed by atoms with Gasteiger partial charge in [0.2, 0.25) is 5.82 Å². The number of nitrogens with one attached hydrogen (secondary N) is 1. The van der Waals surface area contributed by atoms with Crippen molar-refractivity contribution in [3.8, 4) is 28.6 Å². The Balaban J connectivity index is 1.30. The molecule has 0 saturated carbocycles. The molecule has 31 heavy (non-hydrogen) atoms. The standard InChI is InChI=1S/C24H20FN3O3/c1-16-2-6-18(7-3-16)23-27-24(31-28-23)19-8-12-21(13-9-19)30-15-22(29)26-14-17-4-10-20(25)11-5-17/h2-13H,14-15H2,1H3,(H,26,29). The molecule has 0 saturated heterocycles.